The van der Waals surface area contributed by atoms with Gasteiger partial charge in [0.1, 0.15) is 0 Å². The molecule has 3 heteroatoms. The Morgan fingerprint density at radius 1 is 1.42 bits per heavy atom. The first-order chi connectivity index (χ1) is 5.83. The molecule has 1 fully saturated rings. The van der Waals surface area contributed by atoms with Crippen molar-refractivity contribution in [2.75, 3.05) is 32.8 Å². The van der Waals surface area contributed by atoms with Crippen LogP contribution in [0.4, 0.5) is 0 Å². The minimum Gasteiger partial charge on any atom is -0.389 e. The van der Waals surface area contributed by atoms with Gasteiger partial charge in [0.15, 0.2) is 0 Å². The summed E-state index contributed by atoms with van der Waals surface area (Å²) in [4.78, 5) is 2.30. The highest BCUT2D eigenvalue weighted by molar-refractivity contribution is 4.69. The van der Waals surface area contributed by atoms with Gasteiger partial charge in [0.25, 0.3) is 0 Å². The van der Waals surface area contributed by atoms with Crippen molar-refractivity contribution in [2.24, 2.45) is 0 Å². The van der Waals surface area contributed by atoms with Crippen LogP contribution in [0.15, 0.2) is 0 Å². The first-order valence-corrected chi connectivity index (χ1v) is 4.81. The summed E-state index contributed by atoms with van der Waals surface area (Å²) in [5, 5.41) is 9.47. The number of nitrogens with zero attached hydrogens (tertiary/aromatic N) is 1. The summed E-state index contributed by atoms with van der Waals surface area (Å²) in [5.74, 6) is 0. The summed E-state index contributed by atoms with van der Waals surface area (Å²) in [6, 6.07) is 0. The van der Waals surface area contributed by atoms with Crippen molar-refractivity contribution in [3.8, 4) is 0 Å². The van der Waals surface area contributed by atoms with Crippen molar-refractivity contribution < 1.29 is 9.84 Å². The molecule has 0 aromatic heterocycles. The molecule has 1 heterocycles. The lowest BCUT2D eigenvalue weighted by atomic mass is 10.3. The van der Waals surface area contributed by atoms with Crippen LogP contribution in [-0.2, 0) is 4.74 Å². The van der Waals surface area contributed by atoms with E-state index in [4.69, 9.17) is 4.74 Å². The van der Waals surface area contributed by atoms with Crippen LogP contribution in [0, 0.1) is 0 Å². The highest BCUT2D eigenvalue weighted by Crippen LogP contribution is 2.07. The molecule has 0 radical (unpaired) electrons. The fourth-order valence-corrected chi connectivity index (χ4v) is 1.57. The quantitative estimate of drug-likeness (QED) is 0.656. The molecule has 0 amide bonds. The molecule has 3 nitrogen and oxygen atoms in total. The predicted octanol–water partition coefficient (Wildman–Crippen LogP) is 0.480. The summed E-state index contributed by atoms with van der Waals surface area (Å²) in [6.45, 7) is 6.18. The summed E-state index contributed by atoms with van der Waals surface area (Å²) in [5.41, 5.74) is 0. The van der Waals surface area contributed by atoms with Crippen LogP contribution in [-0.4, -0.2) is 49.0 Å². The van der Waals surface area contributed by atoms with Crippen molar-refractivity contribution >= 4 is 0 Å². The van der Waals surface area contributed by atoms with E-state index < -0.39 is 0 Å². The minimum atomic E-state index is -0.303. The van der Waals surface area contributed by atoms with E-state index in [1.165, 1.54) is 12.8 Å². The van der Waals surface area contributed by atoms with Crippen LogP contribution in [0.25, 0.3) is 0 Å². The van der Waals surface area contributed by atoms with E-state index in [0.717, 1.165) is 19.6 Å². The summed E-state index contributed by atoms with van der Waals surface area (Å²) in [6.07, 6.45) is 2.26. The van der Waals surface area contributed by atoms with Gasteiger partial charge in [-0.15, -0.1) is 0 Å². The van der Waals surface area contributed by atoms with Gasteiger partial charge in [0.2, 0.25) is 0 Å². The predicted molar refractivity (Wildman–Crippen MR) is 48.2 cm³/mol. The zero-order chi connectivity index (χ0) is 8.81. The molecule has 1 atom stereocenters. The third-order valence-electron chi connectivity index (χ3n) is 2.18. The van der Waals surface area contributed by atoms with E-state index >= 15 is 0 Å². The summed E-state index contributed by atoms with van der Waals surface area (Å²) in [7, 11) is 0. The Labute approximate surface area is 74.3 Å². The fourth-order valence-electron chi connectivity index (χ4n) is 1.57. The van der Waals surface area contributed by atoms with Crippen molar-refractivity contribution in [1.82, 2.24) is 4.90 Å². The van der Waals surface area contributed by atoms with E-state index in [2.05, 4.69) is 4.90 Å². The fraction of sp³-hybridized carbons (Fsp3) is 1.00. The Morgan fingerprint density at radius 2 is 2.08 bits per heavy atom. The van der Waals surface area contributed by atoms with Gasteiger partial charge >= 0.3 is 0 Å². The van der Waals surface area contributed by atoms with Crippen molar-refractivity contribution in [1.29, 1.82) is 0 Å². The maximum absolute atomic E-state index is 9.47. The molecule has 1 unspecified atom stereocenters. The topological polar surface area (TPSA) is 32.7 Å². The number of aliphatic hydroxyl groups is 1. The molecule has 1 aliphatic rings. The number of hydrogen-bond acceptors (Lipinski definition) is 3. The van der Waals surface area contributed by atoms with Gasteiger partial charge in [0.05, 0.1) is 12.7 Å². The number of likely N-dealkylation sites (tertiary alicyclic amines) is 1. The largest absolute Gasteiger partial charge is 0.389 e. The molecule has 0 aromatic rings. The Kier molecular flexibility index (Phi) is 4.58. The molecule has 12 heavy (non-hydrogen) atoms. The molecule has 0 bridgehead atoms. The maximum atomic E-state index is 9.47. The van der Waals surface area contributed by atoms with E-state index in [9.17, 15) is 5.11 Å². The Hall–Kier alpha value is -0.120. The molecule has 0 saturated carbocycles. The summed E-state index contributed by atoms with van der Waals surface area (Å²) < 4.78 is 5.13. The summed E-state index contributed by atoms with van der Waals surface area (Å²) >= 11 is 0. The molecule has 0 aliphatic carbocycles. The van der Waals surface area contributed by atoms with Gasteiger partial charge in [-0.3, -0.25) is 0 Å². The molecule has 0 spiro atoms. The number of rotatable bonds is 5. The Bertz CT molecular complexity index is 113. The number of β-amino-alcohol motifs (C(OH)–C–C–N with tert-alkyl or cyclic N) is 1. The molecular weight excluding hydrogens is 154 g/mol. The van der Waals surface area contributed by atoms with Crippen LogP contribution < -0.4 is 0 Å². The Balaban J connectivity index is 2.03. The number of aliphatic hydroxyl groups excluding tert-OH is 1. The molecule has 72 valence electrons. The first-order valence-electron chi connectivity index (χ1n) is 4.81. The highest BCUT2D eigenvalue weighted by atomic mass is 16.5. The molecule has 1 aliphatic heterocycles. The first kappa shape index (κ1) is 9.96. The Morgan fingerprint density at radius 3 is 2.67 bits per heavy atom. The van der Waals surface area contributed by atoms with E-state index in [1.54, 1.807) is 0 Å². The second kappa shape index (κ2) is 5.51. The number of hydrogen-bond donors (Lipinski definition) is 1. The van der Waals surface area contributed by atoms with Crippen molar-refractivity contribution in [2.45, 2.75) is 25.9 Å². The third kappa shape index (κ3) is 3.52. The normalized spacial score (nSPS) is 21.5. The second-order valence-electron chi connectivity index (χ2n) is 3.32. The maximum Gasteiger partial charge on any atom is 0.0900 e. The molecule has 1 rings (SSSR count). The van der Waals surface area contributed by atoms with Gasteiger partial charge in [-0.2, -0.15) is 0 Å². The van der Waals surface area contributed by atoms with Gasteiger partial charge in [0, 0.05) is 13.2 Å². The van der Waals surface area contributed by atoms with Crippen LogP contribution in [0.3, 0.4) is 0 Å². The van der Waals surface area contributed by atoms with Crippen LogP contribution in [0.2, 0.25) is 0 Å². The van der Waals surface area contributed by atoms with Gasteiger partial charge in [-0.25, -0.2) is 0 Å². The van der Waals surface area contributed by atoms with Crippen LogP contribution in [0.1, 0.15) is 19.8 Å². The zero-order valence-corrected chi connectivity index (χ0v) is 7.83. The zero-order valence-electron chi connectivity index (χ0n) is 7.83. The molecular formula is C9H19NO2. The number of ether oxygens (including phenoxy) is 1. The van der Waals surface area contributed by atoms with Crippen molar-refractivity contribution in [3.05, 3.63) is 0 Å². The molecule has 0 aromatic carbocycles. The SMILES string of the molecule is CCOCC(O)CN1CCCC1. The molecule has 1 N–H and O–H groups in total. The van der Waals surface area contributed by atoms with Gasteiger partial charge in [-0.1, -0.05) is 0 Å². The van der Waals surface area contributed by atoms with Crippen LogP contribution in [0.5, 0.6) is 0 Å². The van der Waals surface area contributed by atoms with Crippen molar-refractivity contribution in [3.63, 3.8) is 0 Å². The van der Waals surface area contributed by atoms with E-state index in [0.29, 0.717) is 13.2 Å². The van der Waals surface area contributed by atoms with Gasteiger partial charge in [-0.05, 0) is 32.9 Å². The standard InChI is InChI=1S/C9H19NO2/c1-2-12-8-9(11)7-10-5-3-4-6-10/h9,11H,2-8H2,1H3. The van der Waals surface area contributed by atoms with E-state index in [-0.39, 0.29) is 6.10 Å². The van der Waals surface area contributed by atoms with E-state index in [1.807, 2.05) is 6.92 Å². The van der Waals surface area contributed by atoms with Gasteiger partial charge < -0.3 is 14.7 Å². The average Bonchev–Trinajstić information content (AvgIpc) is 2.53. The third-order valence-corrected chi connectivity index (χ3v) is 2.18. The lowest BCUT2D eigenvalue weighted by Gasteiger charge is -2.18. The average molecular weight is 173 g/mol. The monoisotopic (exact) mass is 173 g/mol. The second-order valence-corrected chi connectivity index (χ2v) is 3.32. The lowest BCUT2D eigenvalue weighted by molar-refractivity contribution is 0.0252. The highest BCUT2D eigenvalue weighted by Gasteiger charge is 2.15. The smallest absolute Gasteiger partial charge is 0.0900 e. The minimum absolute atomic E-state index is 0.303. The van der Waals surface area contributed by atoms with Crippen LogP contribution >= 0.6 is 0 Å². The lowest BCUT2D eigenvalue weighted by Crippen LogP contribution is -2.32. The molecule has 1 saturated heterocycles.